The van der Waals surface area contributed by atoms with Crippen molar-refractivity contribution in [2.45, 2.75) is 101 Å². The molecular formula is C28H42N6O6S. The average molecular weight is 591 g/mol. The lowest BCUT2D eigenvalue weighted by atomic mass is 9.83. The summed E-state index contributed by atoms with van der Waals surface area (Å²) in [6.45, 7) is 9.67. The van der Waals surface area contributed by atoms with E-state index in [1.807, 2.05) is 18.9 Å². The lowest BCUT2D eigenvalue weighted by Gasteiger charge is -2.47. The van der Waals surface area contributed by atoms with Crippen LogP contribution in [0.1, 0.15) is 60.3 Å². The second-order valence-electron chi connectivity index (χ2n) is 12.4. The number of sulfonamides is 1. The molecule has 12 nitrogen and oxygen atoms in total. The molecule has 1 aromatic carbocycles. The number of carbonyl (C=O) groups is 2. The van der Waals surface area contributed by atoms with Crippen molar-refractivity contribution >= 4 is 27.6 Å². The Kier molecular flexibility index (Phi) is 9.01. The fraction of sp³-hybridized carbons (Fsp3) is 0.679. The Bertz CT molecular complexity index is 1260. The number of nitrogens with zero attached hydrogens (tertiary/aromatic N) is 3. The Morgan fingerprint density at radius 3 is 2.54 bits per heavy atom. The third-order valence-electron chi connectivity index (χ3n) is 8.02. The number of nitrogens with one attached hydrogen (secondary N) is 3. The van der Waals surface area contributed by atoms with Crippen molar-refractivity contribution in [3.8, 4) is 6.07 Å². The Labute approximate surface area is 242 Å². The van der Waals surface area contributed by atoms with Crippen molar-refractivity contribution in [1.29, 1.82) is 5.26 Å². The monoisotopic (exact) mass is 590 g/mol. The van der Waals surface area contributed by atoms with Gasteiger partial charge in [0.05, 0.1) is 35.4 Å². The highest BCUT2D eigenvalue weighted by Gasteiger charge is 2.56. The number of hydrogen-bond acceptors (Lipinski definition) is 10. The number of piperidine rings is 1. The van der Waals surface area contributed by atoms with Crippen LogP contribution in [-0.4, -0.2) is 85.3 Å². The van der Waals surface area contributed by atoms with Crippen LogP contribution in [0.25, 0.3) is 0 Å². The van der Waals surface area contributed by atoms with Gasteiger partial charge < -0.3 is 20.1 Å². The van der Waals surface area contributed by atoms with E-state index in [1.54, 1.807) is 52.1 Å². The van der Waals surface area contributed by atoms with Gasteiger partial charge >= 0.3 is 5.97 Å². The van der Waals surface area contributed by atoms with Gasteiger partial charge in [-0.3, -0.25) is 4.79 Å². The first-order valence-corrected chi connectivity index (χ1v) is 15.5. The van der Waals surface area contributed by atoms with Crippen molar-refractivity contribution in [3.63, 3.8) is 0 Å². The minimum absolute atomic E-state index is 0.109. The van der Waals surface area contributed by atoms with Crippen LogP contribution in [0.5, 0.6) is 0 Å². The number of fused-ring (bicyclic) bond motifs is 1. The Balaban J connectivity index is 1.53. The van der Waals surface area contributed by atoms with E-state index in [4.69, 9.17) is 9.47 Å². The molecule has 0 aromatic heterocycles. The number of ether oxygens (including phenoxy) is 2. The molecule has 3 heterocycles. The molecule has 3 aliphatic heterocycles. The maximum absolute atomic E-state index is 13.1. The van der Waals surface area contributed by atoms with E-state index in [2.05, 4.69) is 22.1 Å². The predicted octanol–water partition coefficient (Wildman–Crippen LogP) is 1.95. The van der Waals surface area contributed by atoms with Gasteiger partial charge in [0.15, 0.2) is 6.10 Å². The van der Waals surface area contributed by atoms with E-state index in [1.165, 1.54) is 4.31 Å². The molecule has 1 amide bonds. The summed E-state index contributed by atoms with van der Waals surface area (Å²) in [6, 6.07) is 8.35. The molecule has 0 bridgehead atoms. The molecule has 3 N–H and O–H groups in total. The average Bonchev–Trinajstić information content (AvgIpc) is 3.28. The molecule has 3 aliphatic rings. The summed E-state index contributed by atoms with van der Waals surface area (Å²) in [7, 11) is -2.08. The van der Waals surface area contributed by atoms with Crippen molar-refractivity contribution in [2.24, 2.45) is 5.92 Å². The number of benzene rings is 1. The van der Waals surface area contributed by atoms with Crippen molar-refractivity contribution in [1.82, 2.24) is 20.1 Å². The summed E-state index contributed by atoms with van der Waals surface area (Å²) in [5, 5.41) is 18.1. The summed E-state index contributed by atoms with van der Waals surface area (Å²) in [5.74, 6) is -1.00. The minimum Gasteiger partial charge on any atom is -0.458 e. The van der Waals surface area contributed by atoms with Crippen LogP contribution in [0.3, 0.4) is 0 Å². The molecule has 0 saturated carbocycles. The lowest BCUT2D eigenvalue weighted by Crippen LogP contribution is -2.63. The maximum atomic E-state index is 13.1. The highest BCUT2D eigenvalue weighted by molar-refractivity contribution is 7.89. The zero-order valence-corrected chi connectivity index (χ0v) is 25.5. The number of anilines is 1. The Morgan fingerprint density at radius 1 is 1.29 bits per heavy atom. The first kappa shape index (κ1) is 31.2. The first-order valence-electron chi connectivity index (χ1n) is 14.1. The minimum atomic E-state index is -3.63. The van der Waals surface area contributed by atoms with Crippen LogP contribution in [0, 0.1) is 17.2 Å². The van der Waals surface area contributed by atoms with Gasteiger partial charge in [-0.2, -0.15) is 9.57 Å². The summed E-state index contributed by atoms with van der Waals surface area (Å²) in [5.41, 5.74) is 2.72. The Morgan fingerprint density at radius 2 is 1.98 bits per heavy atom. The van der Waals surface area contributed by atoms with Gasteiger partial charge in [-0.05, 0) is 78.1 Å². The number of amides is 1. The standard InChI is InChI=1S/C28H42N6O6S/c1-18(2)33(6)41(37,38)20-9-7-19(8-10-20)31-24-23-21(12-16-30-25(23)35)34(32-24)28(14-15-29)13-11-22(39-17-28)26(36)40-27(3,4)5/h7-10,18,21-24,31-32H,11-14,16-17H2,1-6H3,(H,30,35)/t21?,22-,23?,24?,28-/m0/s1. The second kappa shape index (κ2) is 11.9. The predicted molar refractivity (Wildman–Crippen MR) is 152 cm³/mol. The first-order chi connectivity index (χ1) is 19.2. The van der Waals surface area contributed by atoms with Gasteiger partial charge in [0.25, 0.3) is 0 Å². The van der Waals surface area contributed by atoms with Crippen LogP contribution in [0.2, 0.25) is 0 Å². The Hall–Kier alpha value is -2.76. The highest BCUT2D eigenvalue weighted by atomic mass is 32.2. The van der Waals surface area contributed by atoms with Gasteiger partial charge in [-0.1, -0.05) is 0 Å². The van der Waals surface area contributed by atoms with Crippen molar-refractivity contribution in [2.75, 3.05) is 25.5 Å². The molecule has 3 fully saturated rings. The highest BCUT2D eigenvalue weighted by Crippen LogP contribution is 2.40. The molecular weight excluding hydrogens is 548 g/mol. The number of hydrazine groups is 1. The molecule has 3 saturated heterocycles. The third-order valence-corrected chi connectivity index (χ3v) is 10.1. The molecule has 0 radical (unpaired) electrons. The largest absolute Gasteiger partial charge is 0.458 e. The van der Waals surface area contributed by atoms with E-state index >= 15 is 0 Å². The number of esters is 1. The number of carbonyl (C=O) groups excluding carboxylic acids is 2. The normalized spacial score (nSPS) is 29.1. The van der Waals surface area contributed by atoms with Gasteiger partial charge in [-0.25, -0.2) is 23.6 Å². The number of nitriles is 1. The molecule has 226 valence electrons. The lowest BCUT2D eigenvalue weighted by molar-refractivity contribution is -0.180. The maximum Gasteiger partial charge on any atom is 0.335 e. The van der Waals surface area contributed by atoms with Gasteiger partial charge in [-0.15, -0.1) is 0 Å². The molecule has 13 heteroatoms. The number of rotatable bonds is 8. The summed E-state index contributed by atoms with van der Waals surface area (Å²) in [6.07, 6.45) is 0.479. The van der Waals surface area contributed by atoms with E-state index in [0.717, 1.165) is 0 Å². The van der Waals surface area contributed by atoms with Crippen LogP contribution in [0.4, 0.5) is 5.69 Å². The molecule has 0 aliphatic carbocycles. The van der Waals surface area contributed by atoms with E-state index < -0.39 is 45.3 Å². The van der Waals surface area contributed by atoms with Crippen LogP contribution in [0.15, 0.2) is 29.2 Å². The van der Waals surface area contributed by atoms with Crippen LogP contribution in [-0.2, 0) is 29.1 Å². The van der Waals surface area contributed by atoms with Crippen LogP contribution >= 0.6 is 0 Å². The fourth-order valence-electron chi connectivity index (χ4n) is 5.69. The zero-order chi connectivity index (χ0) is 30.2. The number of hydrogen-bond donors (Lipinski definition) is 3. The zero-order valence-electron chi connectivity index (χ0n) is 24.6. The summed E-state index contributed by atoms with van der Waals surface area (Å²) < 4.78 is 38.6. The van der Waals surface area contributed by atoms with Gasteiger partial charge in [0.2, 0.25) is 15.9 Å². The van der Waals surface area contributed by atoms with Gasteiger partial charge in [0, 0.05) is 31.4 Å². The topological polar surface area (TPSA) is 153 Å². The summed E-state index contributed by atoms with van der Waals surface area (Å²) in [4.78, 5) is 25.9. The third kappa shape index (κ3) is 6.52. The molecule has 0 spiro atoms. The molecule has 41 heavy (non-hydrogen) atoms. The molecule has 5 atom stereocenters. The molecule has 3 unspecified atom stereocenters. The second-order valence-corrected chi connectivity index (χ2v) is 14.4. The molecule has 1 aromatic rings. The van der Waals surface area contributed by atoms with Crippen molar-refractivity contribution < 1.29 is 27.5 Å². The van der Waals surface area contributed by atoms with Crippen molar-refractivity contribution in [3.05, 3.63) is 24.3 Å². The van der Waals surface area contributed by atoms with Crippen LogP contribution < -0.4 is 16.1 Å². The fourth-order valence-corrected chi connectivity index (χ4v) is 7.06. The van der Waals surface area contributed by atoms with E-state index in [0.29, 0.717) is 31.5 Å². The smallest absolute Gasteiger partial charge is 0.335 e. The van der Waals surface area contributed by atoms with Gasteiger partial charge in [0.1, 0.15) is 11.8 Å². The summed E-state index contributed by atoms with van der Waals surface area (Å²) >= 11 is 0. The SMILES string of the molecule is CC(C)N(C)S(=O)(=O)c1ccc(NC2NN([C@]3(CC#N)CC[C@@H](C(=O)OC(C)(C)C)OC3)C3CCNC(=O)C23)cc1. The van der Waals surface area contributed by atoms with E-state index in [9.17, 15) is 23.3 Å². The van der Waals surface area contributed by atoms with E-state index in [-0.39, 0.29) is 35.9 Å². The quantitative estimate of drug-likeness (QED) is 0.383. The molecule has 4 rings (SSSR count).